The Morgan fingerprint density at radius 2 is 2.12 bits per heavy atom. The minimum absolute atomic E-state index is 0.0195. The van der Waals surface area contributed by atoms with Crippen LogP contribution in [-0.2, 0) is 17.6 Å². The summed E-state index contributed by atoms with van der Waals surface area (Å²) in [6.07, 6.45) is 9.17. The molecule has 0 amide bonds. The van der Waals surface area contributed by atoms with Crippen LogP contribution in [0.4, 0.5) is 10.1 Å². The summed E-state index contributed by atoms with van der Waals surface area (Å²) in [6.45, 7) is 0.238. The van der Waals surface area contributed by atoms with Crippen molar-refractivity contribution >= 4 is 23.3 Å². The fourth-order valence-electron chi connectivity index (χ4n) is 3.34. The van der Waals surface area contributed by atoms with Gasteiger partial charge in [0.25, 0.3) is 0 Å². The SMILES string of the molecule is C#CCN1CC(=O)Oc2cc(F)c(-n3nc4c(c3Cl)CCCC4)cc21. The number of carbonyl (C=O) groups is 1. The molecule has 0 bridgehead atoms. The van der Waals surface area contributed by atoms with E-state index in [-0.39, 0.29) is 24.5 Å². The number of carbonyl (C=O) groups excluding carboxylic acids is 1. The van der Waals surface area contributed by atoms with Crippen LogP contribution in [0.25, 0.3) is 5.69 Å². The lowest BCUT2D eigenvalue weighted by atomic mass is 9.99. The van der Waals surface area contributed by atoms with Crippen molar-refractivity contribution in [3.63, 3.8) is 0 Å². The van der Waals surface area contributed by atoms with Crippen LogP contribution in [0.2, 0.25) is 5.15 Å². The van der Waals surface area contributed by atoms with Gasteiger partial charge in [-0.05, 0) is 31.7 Å². The van der Waals surface area contributed by atoms with Crippen molar-refractivity contribution < 1.29 is 13.9 Å². The zero-order valence-corrected chi connectivity index (χ0v) is 14.1. The molecule has 25 heavy (non-hydrogen) atoms. The lowest BCUT2D eigenvalue weighted by Gasteiger charge is -2.28. The second-order valence-corrected chi connectivity index (χ2v) is 6.50. The third kappa shape index (κ3) is 2.65. The molecule has 0 fully saturated rings. The number of halogens is 2. The number of rotatable bonds is 2. The quantitative estimate of drug-likeness (QED) is 0.470. The van der Waals surface area contributed by atoms with Gasteiger partial charge in [-0.25, -0.2) is 13.9 Å². The van der Waals surface area contributed by atoms with Crippen molar-refractivity contribution in [2.75, 3.05) is 18.0 Å². The number of benzene rings is 1. The van der Waals surface area contributed by atoms with E-state index in [4.69, 9.17) is 22.8 Å². The minimum atomic E-state index is -0.559. The summed E-state index contributed by atoms with van der Waals surface area (Å²) in [5.74, 6) is 1.62. The predicted octanol–water partition coefficient (Wildman–Crippen LogP) is 2.90. The largest absolute Gasteiger partial charge is 0.423 e. The van der Waals surface area contributed by atoms with Gasteiger partial charge in [-0.3, -0.25) is 0 Å². The number of aryl methyl sites for hydroxylation is 1. The van der Waals surface area contributed by atoms with Crippen molar-refractivity contribution in [2.24, 2.45) is 0 Å². The minimum Gasteiger partial charge on any atom is -0.423 e. The smallest absolute Gasteiger partial charge is 0.331 e. The molecule has 2 aliphatic rings. The first-order chi connectivity index (χ1) is 12.1. The highest BCUT2D eigenvalue weighted by atomic mass is 35.5. The highest BCUT2D eigenvalue weighted by molar-refractivity contribution is 6.30. The Morgan fingerprint density at radius 1 is 1.32 bits per heavy atom. The maximum atomic E-state index is 14.7. The Bertz CT molecular complexity index is 916. The zero-order valence-electron chi connectivity index (χ0n) is 13.4. The van der Waals surface area contributed by atoms with Gasteiger partial charge in [0.1, 0.15) is 17.4 Å². The Balaban J connectivity index is 1.84. The predicted molar refractivity (Wildman–Crippen MR) is 91.9 cm³/mol. The second-order valence-electron chi connectivity index (χ2n) is 6.14. The number of hydrogen-bond donors (Lipinski definition) is 0. The number of hydrogen-bond acceptors (Lipinski definition) is 4. The van der Waals surface area contributed by atoms with Gasteiger partial charge < -0.3 is 9.64 Å². The van der Waals surface area contributed by atoms with Gasteiger partial charge in [-0.2, -0.15) is 5.10 Å². The van der Waals surface area contributed by atoms with Crippen LogP contribution in [-0.4, -0.2) is 28.8 Å². The van der Waals surface area contributed by atoms with Crippen LogP contribution in [0, 0.1) is 18.2 Å². The molecule has 4 rings (SSSR count). The first-order valence-corrected chi connectivity index (χ1v) is 8.45. The molecule has 1 aliphatic heterocycles. The lowest BCUT2D eigenvalue weighted by molar-refractivity contribution is -0.133. The third-order valence-corrected chi connectivity index (χ3v) is 4.91. The van der Waals surface area contributed by atoms with Crippen molar-refractivity contribution in [3.05, 3.63) is 34.4 Å². The molecular weight excluding hydrogens is 345 g/mol. The molecule has 5 nitrogen and oxygen atoms in total. The van der Waals surface area contributed by atoms with Crippen LogP contribution in [0.1, 0.15) is 24.1 Å². The van der Waals surface area contributed by atoms with Gasteiger partial charge in [-0.1, -0.05) is 17.5 Å². The monoisotopic (exact) mass is 359 g/mol. The van der Waals surface area contributed by atoms with Crippen molar-refractivity contribution in [1.82, 2.24) is 9.78 Å². The summed E-state index contributed by atoms with van der Waals surface area (Å²) >= 11 is 6.46. The maximum Gasteiger partial charge on any atom is 0.331 e. The van der Waals surface area contributed by atoms with Gasteiger partial charge in [0.2, 0.25) is 0 Å². The number of fused-ring (bicyclic) bond motifs is 2. The van der Waals surface area contributed by atoms with E-state index in [9.17, 15) is 9.18 Å². The van der Waals surface area contributed by atoms with E-state index >= 15 is 0 Å². The highest BCUT2D eigenvalue weighted by Crippen LogP contribution is 2.37. The average molecular weight is 360 g/mol. The van der Waals surface area contributed by atoms with Gasteiger partial charge >= 0.3 is 5.97 Å². The topological polar surface area (TPSA) is 47.4 Å². The van der Waals surface area contributed by atoms with E-state index < -0.39 is 11.8 Å². The zero-order chi connectivity index (χ0) is 17.6. The molecule has 0 spiro atoms. The van der Waals surface area contributed by atoms with E-state index in [1.165, 1.54) is 10.7 Å². The van der Waals surface area contributed by atoms with E-state index in [0.29, 0.717) is 10.8 Å². The van der Waals surface area contributed by atoms with Crippen molar-refractivity contribution in [1.29, 1.82) is 0 Å². The molecule has 0 saturated heterocycles. The van der Waals surface area contributed by atoms with E-state index in [0.717, 1.165) is 36.9 Å². The summed E-state index contributed by atoms with van der Waals surface area (Å²) in [5, 5.41) is 4.93. The van der Waals surface area contributed by atoms with Crippen molar-refractivity contribution in [2.45, 2.75) is 25.7 Å². The standard InChI is InChI=1S/C18H15ClFN3O2/c1-2-7-22-10-17(24)25-16-8-12(20)14(9-15(16)22)23-18(19)11-5-3-4-6-13(11)21-23/h1,8-9H,3-7,10H2. The number of aromatic nitrogens is 2. The molecule has 1 aromatic carbocycles. The molecule has 0 N–H and O–H groups in total. The van der Waals surface area contributed by atoms with Crippen LogP contribution in [0.15, 0.2) is 12.1 Å². The summed E-state index contributed by atoms with van der Waals surface area (Å²) in [5.41, 5.74) is 2.67. The number of esters is 1. The Hall–Kier alpha value is -2.52. The maximum absolute atomic E-state index is 14.7. The van der Waals surface area contributed by atoms with E-state index in [2.05, 4.69) is 11.0 Å². The lowest BCUT2D eigenvalue weighted by Crippen LogP contribution is -2.37. The number of anilines is 1. The summed E-state index contributed by atoms with van der Waals surface area (Å²) in [7, 11) is 0. The fraction of sp³-hybridized carbons (Fsp3) is 0.333. The number of ether oxygens (including phenoxy) is 1. The molecule has 1 aliphatic carbocycles. The summed E-state index contributed by atoms with van der Waals surface area (Å²) in [6, 6.07) is 2.76. The number of nitrogens with zero attached hydrogens (tertiary/aromatic N) is 3. The molecule has 7 heteroatoms. The molecule has 0 radical (unpaired) electrons. The Morgan fingerprint density at radius 3 is 2.88 bits per heavy atom. The molecule has 2 aromatic rings. The van der Waals surface area contributed by atoms with Crippen LogP contribution in [0.3, 0.4) is 0 Å². The van der Waals surface area contributed by atoms with Gasteiger partial charge in [0.15, 0.2) is 11.6 Å². The molecule has 0 atom stereocenters. The third-order valence-electron chi connectivity index (χ3n) is 4.52. The highest BCUT2D eigenvalue weighted by Gasteiger charge is 2.28. The van der Waals surface area contributed by atoms with Crippen LogP contribution >= 0.6 is 11.6 Å². The van der Waals surface area contributed by atoms with Gasteiger partial charge in [0.05, 0.1) is 17.9 Å². The summed E-state index contributed by atoms with van der Waals surface area (Å²) < 4.78 is 21.2. The Kier molecular flexibility index (Phi) is 3.89. The molecule has 0 saturated carbocycles. The van der Waals surface area contributed by atoms with Crippen LogP contribution < -0.4 is 9.64 Å². The first-order valence-electron chi connectivity index (χ1n) is 8.07. The average Bonchev–Trinajstić information content (AvgIpc) is 2.91. The molecule has 1 aromatic heterocycles. The Labute approximate surface area is 149 Å². The van der Waals surface area contributed by atoms with Crippen molar-refractivity contribution in [3.8, 4) is 23.8 Å². The van der Waals surface area contributed by atoms with E-state index in [1.54, 1.807) is 11.0 Å². The van der Waals surface area contributed by atoms with E-state index in [1.807, 2.05) is 0 Å². The first kappa shape index (κ1) is 16.0. The molecule has 128 valence electrons. The fourth-order valence-corrected chi connectivity index (χ4v) is 3.68. The molecule has 0 unspecified atom stereocenters. The van der Waals surface area contributed by atoms with Crippen LogP contribution in [0.5, 0.6) is 5.75 Å². The van der Waals surface area contributed by atoms with Gasteiger partial charge in [-0.15, -0.1) is 6.42 Å². The number of terminal acetylenes is 1. The molecule has 2 heterocycles. The summed E-state index contributed by atoms with van der Waals surface area (Å²) in [4.78, 5) is 13.3. The normalized spacial score (nSPS) is 16.0. The second kappa shape index (κ2) is 6.08. The molecular formula is C18H15ClFN3O2. The van der Waals surface area contributed by atoms with Gasteiger partial charge in [0, 0.05) is 11.6 Å².